The number of hydrogen-bond acceptors (Lipinski definition) is 6. The first-order valence-corrected chi connectivity index (χ1v) is 9.13. The molecule has 1 aliphatic heterocycles. The highest BCUT2D eigenvalue weighted by molar-refractivity contribution is 8.06. The van der Waals surface area contributed by atoms with Crippen molar-refractivity contribution in [3.8, 4) is 0 Å². The first-order chi connectivity index (χ1) is 9.24. The number of thioether (sulfide) groups is 2. The summed E-state index contributed by atoms with van der Waals surface area (Å²) in [5, 5.41) is 8.57. The van der Waals surface area contributed by atoms with Gasteiger partial charge in [-0.3, -0.25) is 0 Å². The van der Waals surface area contributed by atoms with Gasteiger partial charge in [0.05, 0.1) is 11.8 Å². The molecular weight excluding hydrogens is 278 g/mol. The van der Waals surface area contributed by atoms with Gasteiger partial charge in [0.1, 0.15) is 0 Å². The van der Waals surface area contributed by atoms with Crippen LogP contribution in [0.15, 0.2) is 4.52 Å². The van der Waals surface area contributed by atoms with E-state index in [2.05, 4.69) is 36.2 Å². The second-order valence-corrected chi connectivity index (χ2v) is 7.44. The predicted octanol–water partition coefficient (Wildman–Crippen LogP) is 3.26. The van der Waals surface area contributed by atoms with Crippen LogP contribution in [-0.4, -0.2) is 32.9 Å². The van der Waals surface area contributed by atoms with E-state index >= 15 is 0 Å². The fourth-order valence-corrected chi connectivity index (χ4v) is 4.99. The fraction of sp³-hybridized carbons (Fsp3) is 0.846. The van der Waals surface area contributed by atoms with E-state index in [1.165, 1.54) is 11.5 Å². The van der Waals surface area contributed by atoms with Gasteiger partial charge in [-0.25, -0.2) is 0 Å². The van der Waals surface area contributed by atoms with Gasteiger partial charge in [-0.15, -0.1) is 11.8 Å². The van der Waals surface area contributed by atoms with Crippen LogP contribution in [0, 0.1) is 0 Å². The average Bonchev–Trinajstić information content (AvgIpc) is 2.93. The molecule has 4 nitrogen and oxygen atoms in total. The second-order valence-electron chi connectivity index (χ2n) is 4.85. The summed E-state index contributed by atoms with van der Waals surface area (Å²) in [5.74, 6) is 4.01. The lowest BCUT2D eigenvalue weighted by atomic mass is 10.2. The van der Waals surface area contributed by atoms with Gasteiger partial charge in [-0.05, 0) is 19.8 Å². The van der Waals surface area contributed by atoms with Crippen molar-refractivity contribution in [3.05, 3.63) is 11.7 Å². The highest BCUT2D eigenvalue weighted by Crippen LogP contribution is 2.42. The Morgan fingerprint density at radius 3 is 2.89 bits per heavy atom. The maximum absolute atomic E-state index is 5.36. The molecular formula is C13H23N3OS2. The molecule has 1 N–H and O–H groups in total. The molecule has 1 aliphatic rings. The summed E-state index contributed by atoms with van der Waals surface area (Å²) in [7, 11) is 0. The maximum atomic E-state index is 5.36. The van der Waals surface area contributed by atoms with Gasteiger partial charge >= 0.3 is 0 Å². The van der Waals surface area contributed by atoms with Crippen LogP contribution in [0.4, 0.5) is 0 Å². The van der Waals surface area contributed by atoms with Crippen LogP contribution >= 0.6 is 23.5 Å². The van der Waals surface area contributed by atoms with Crippen molar-refractivity contribution in [2.45, 2.75) is 56.7 Å². The molecule has 0 aliphatic carbocycles. The standard InChI is InChI=1S/C13H23N3OS2/c1-4-9(3)14-8-11-15-13(16-17-11)12-10(5-2)18-6-7-19-12/h9-10,12,14H,4-8H2,1-3H3. The monoisotopic (exact) mass is 301 g/mol. The van der Waals surface area contributed by atoms with Crippen LogP contribution in [0.3, 0.4) is 0 Å². The van der Waals surface area contributed by atoms with Gasteiger partial charge in [0.15, 0.2) is 5.82 Å². The minimum absolute atomic E-state index is 0.393. The third-order valence-corrected chi connectivity index (χ3v) is 6.65. The van der Waals surface area contributed by atoms with E-state index in [9.17, 15) is 0 Å². The van der Waals surface area contributed by atoms with Gasteiger partial charge in [0, 0.05) is 22.8 Å². The lowest BCUT2D eigenvalue weighted by Crippen LogP contribution is -2.24. The zero-order valence-corrected chi connectivity index (χ0v) is 13.5. The summed E-state index contributed by atoms with van der Waals surface area (Å²) >= 11 is 4.00. The fourth-order valence-electron chi connectivity index (χ4n) is 2.00. The van der Waals surface area contributed by atoms with Crippen molar-refractivity contribution in [3.63, 3.8) is 0 Å². The quantitative estimate of drug-likeness (QED) is 0.870. The minimum Gasteiger partial charge on any atom is -0.338 e. The van der Waals surface area contributed by atoms with E-state index < -0.39 is 0 Å². The highest BCUT2D eigenvalue weighted by atomic mass is 32.2. The van der Waals surface area contributed by atoms with Crippen molar-refractivity contribution in [2.24, 2.45) is 0 Å². The van der Waals surface area contributed by atoms with Crippen LogP contribution in [0.25, 0.3) is 0 Å². The molecule has 0 bridgehead atoms. The van der Waals surface area contributed by atoms with E-state index in [4.69, 9.17) is 4.52 Å². The number of nitrogens with zero attached hydrogens (tertiary/aromatic N) is 2. The molecule has 1 fully saturated rings. The lowest BCUT2D eigenvalue weighted by Gasteiger charge is -2.27. The van der Waals surface area contributed by atoms with Crippen LogP contribution < -0.4 is 5.32 Å². The van der Waals surface area contributed by atoms with Crippen LogP contribution in [-0.2, 0) is 6.54 Å². The molecule has 3 atom stereocenters. The van der Waals surface area contributed by atoms with E-state index in [0.717, 1.165) is 18.7 Å². The Labute approximate surface area is 123 Å². The molecule has 6 heteroatoms. The molecule has 1 aromatic heterocycles. The smallest absolute Gasteiger partial charge is 0.240 e. The van der Waals surface area contributed by atoms with Gasteiger partial charge in [0.2, 0.25) is 5.89 Å². The van der Waals surface area contributed by atoms with Gasteiger partial charge in [0.25, 0.3) is 0 Å². The summed E-state index contributed by atoms with van der Waals surface area (Å²) in [4.78, 5) is 4.56. The Kier molecular flexibility index (Phi) is 6.04. The van der Waals surface area contributed by atoms with Crippen molar-refractivity contribution in [1.82, 2.24) is 15.5 Å². The zero-order chi connectivity index (χ0) is 13.7. The second kappa shape index (κ2) is 7.55. The number of hydrogen-bond donors (Lipinski definition) is 1. The number of rotatable bonds is 6. The maximum Gasteiger partial charge on any atom is 0.240 e. The van der Waals surface area contributed by atoms with E-state index in [1.807, 2.05) is 23.5 Å². The average molecular weight is 301 g/mol. The first-order valence-electron chi connectivity index (χ1n) is 7.03. The molecule has 108 valence electrons. The third kappa shape index (κ3) is 4.13. The SMILES string of the molecule is CCC(C)NCc1nc(C2SCCSC2CC)no1. The molecule has 2 heterocycles. The first kappa shape index (κ1) is 15.2. The minimum atomic E-state index is 0.393. The topological polar surface area (TPSA) is 51.0 Å². The van der Waals surface area contributed by atoms with Crippen molar-refractivity contribution in [2.75, 3.05) is 11.5 Å². The molecule has 0 saturated carbocycles. The van der Waals surface area contributed by atoms with Crippen molar-refractivity contribution >= 4 is 23.5 Å². The number of aromatic nitrogens is 2. The summed E-state index contributed by atoms with van der Waals surface area (Å²) in [5.41, 5.74) is 0. The Morgan fingerprint density at radius 1 is 1.37 bits per heavy atom. The molecule has 0 amide bonds. The lowest BCUT2D eigenvalue weighted by molar-refractivity contribution is 0.353. The van der Waals surface area contributed by atoms with Crippen LogP contribution in [0.2, 0.25) is 0 Å². The Balaban J connectivity index is 1.95. The van der Waals surface area contributed by atoms with E-state index in [-0.39, 0.29) is 0 Å². The number of nitrogens with one attached hydrogen (secondary N) is 1. The molecule has 1 aromatic rings. The van der Waals surface area contributed by atoms with Gasteiger partial charge in [-0.2, -0.15) is 16.7 Å². The third-order valence-electron chi connectivity index (χ3n) is 3.41. The predicted molar refractivity (Wildman–Crippen MR) is 82.6 cm³/mol. The highest BCUT2D eigenvalue weighted by Gasteiger charge is 2.30. The van der Waals surface area contributed by atoms with Gasteiger partial charge < -0.3 is 9.84 Å². The molecule has 1 saturated heterocycles. The Bertz CT molecular complexity index is 386. The van der Waals surface area contributed by atoms with Gasteiger partial charge in [-0.1, -0.05) is 19.0 Å². The molecule has 0 spiro atoms. The van der Waals surface area contributed by atoms with Crippen molar-refractivity contribution < 1.29 is 4.52 Å². The van der Waals surface area contributed by atoms with Crippen LogP contribution in [0.5, 0.6) is 0 Å². The van der Waals surface area contributed by atoms with Crippen LogP contribution in [0.1, 0.15) is 50.6 Å². The zero-order valence-electron chi connectivity index (χ0n) is 11.9. The van der Waals surface area contributed by atoms with E-state index in [1.54, 1.807) is 0 Å². The Morgan fingerprint density at radius 2 is 2.16 bits per heavy atom. The normalized spacial score (nSPS) is 25.4. The molecule has 2 rings (SSSR count). The molecule has 0 aromatic carbocycles. The molecule has 0 radical (unpaired) electrons. The summed E-state index contributed by atoms with van der Waals surface area (Å²) in [6, 6.07) is 0.485. The largest absolute Gasteiger partial charge is 0.338 e. The summed E-state index contributed by atoms with van der Waals surface area (Å²) in [6.45, 7) is 7.24. The van der Waals surface area contributed by atoms with Crippen molar-refractivity contribution in [1.29, 1.82) is 0 Å². The summed E-state index contributed by atoms with van der Waals surface area (Å²) < 4.78 is 5.36. The molecule has 3 unspecified atom stereocenters. The Hall–Kier alpha value is -0.200. The molecule has 19 heavy (non-hydrogen) atoms. The van der Waals surface area contributed by atoms with E-state index in [0.29, 0.717) is 29.0 Å². The summed E-state index contributed by atoms with van der Waals surface area (Å²) in [6.07, 6.45) is 2.27.